The van der Waals surface area contributed by atoms with E-state index in [1.54, 1.807) is 36.4 Å². The molecule has 0 aromatic heterocycles. The second-order valence-corrected chi connectivity index (χ2v) is 4.74. The number of hydrogen-bond acceptors (Lipinski definition) is 5. The first-order valence-electron chi connectivity index (χ1n) is 6.99. The average molecular weight is 328 g/mol. The zero-order chi connectivity index (χ0) is 17.5. The van der Waals surface area contributed by atoms with Crippen molar-refractivity contribution in [2.24, 2.45) is 0 Å². The van der Waals surface area contributed by atoms with Crippen LogP contribution in [-0.4, -0.2) is 25.1 Å². The zero-order valence-electron chi connectivity index (χ0n) is 13.2. The van der Waals surface area contributed by atoms with Crippen LogP contribution in [0.5, 0.6) is 11.5 Å². The Labute approximate surface area is 138 Å². The molecule has 0 atom stereocenters. The van der Waals surface area contributed by atoms with Crippen molar-refractivity contribution in [3.8, 4) is 11.5 Å². The number of amides is 1. The highest BCUT2D eigenvalue weighted by Gasteiger charge is 2.06. The second kappa shape index (κ2) is 7.77. The van der Waals surface area contributed by atoms with Crippen molar-refractivity contribution in [3.05, 3.63) is 64.2 Å². The molecule has 0 aliphatic heterocycles. The van der Waals surface area contributed by atoms with Gasteiger partial charge in [0, 0.05) is 30.0 Å². The van der Waals surface area contributed by atoms with E-state index in [9.17, 15) is 14.9 Å². The fraction of sp³-hybridized carbons (Fsp3) is 0.118. The number of nitrogens with one attached hydrogen (secondary N) is 1. The molecule has 0 spiro atoms. The standard InChI is InChI=1S/C17H16N2O5/c1-23-15-9-6-13(11-16(15)24-2)18-17(20)10-5-12-3-7-14(8-4-12)19(21)22/h3-11H,1-2H3,(H,18,20)/b10-5+. The summed E-state index contributed by atoms with van der Waals surface area (Å²) < 4.78 is 10.3. The average Bonchev–Trinajstić information content (AvgIpc) is 2.60. The summed E-state index contributed by atoms with van der Waals surface area (Å²) in [4.78, 5) is 22.0. The topological polar surface area (TPSA) is 90.7 Å². The van der Waals surface area contributed by atoms with E-state index in [-0.39, 0.29) is 11.6 Å². The molecule has 0 bridgehead atoms. The van der Waals surface area contributed by atoms with E-state index in [0.717, 1.165) is 0 Å². The molecule has 0 fully saturated rings. The molecule has 24 heavy (non-hydrogen) atoms. The highest BCUT2D eigenvalue weighted by Crippen LogP contribution is 2.29. The number of nitrogens with zero attached hydrogens (tertiary/aromatic N) is 1. The van der Waals surface area contributed by atoms with E-state index >= 15 is 0 Å². The molecule has 2 aromatic rings. The number of nitro benzene ring substituents is 1. The first kappa shape index (κ1) is 17.0. The highest BCUT2D eigenvalue weighted by molar-refractivity contribution is 6.02. The summed E-state index contributed by atoms with van der Waals surface area (Å²) in [5, 5.41) is 13.3. The quantitative estimate of drug-likeness (QED) is 0.499. The molecule has 0 radical (unpaired) electrons. The maximum Gasteiger partial charge on any atom is 0.269 e. The van der Waals surface area contributed by atoms with E-state index in [0.29, 0.717) is 22.7 Å². The highest BCUT2D eigenvalue weighted by atomic mass is 16.6. The minimum absolute atomic E-state index is 0.00179. The maximum absolute atomic E-state index is 11.9. The van der Waals surface area contributed by atoms with E-state index in [2.05, 4.69) is 5.32 Å². The number of carbonyl (C=O) groups excluding carboxylic acids is 1. The normalized spacial score (nSPS) is 10.4. The van der Waals surface area contributed by atoms with Crippen LogP contribution in [0.15, 0.2) is 48.5 Å². The Morgan fingerprint density at radius 3 is 2.33 bits per heavy atom. The number of anilines is 1. The van der Waals surface area contributed by atoms with Gasteiger partial charge < -0.3 is 14.8 Å². The summed E-state index contributed by atoms with van der Waals surface area (Å²) >= 11 is 0. The summed E-state index contributed by atoms with van der Waals surface area (Å²) in [5.41, 5.74) is 1.25. The van der Waals surface area contributed by atoms with Crippen LogP contribution in [0.4, 0.5) is 11.4 Å². The minimum atomic E-state index is -0.475. The lowest BCUT2D eigenvalue weighted by Crippen LogP contribution is -2.07. The molecule has 0 heterocycles. The summed E-state index contributed by atoms with van der Waals surface area (Å²) in [7, 11) is 3.04. The van der Waals surface area contributed by atoms with Crippen LogP contribution in [0, 0.1) is 10.1 Å². The number of rotatable bonds is 6. The first-order chi connectivity index (χ1) is 11.5. The number of methoxy groups -OCH3 is 2. The van der Waals surface area contributed by atoms with Gasteiger partial charge in [-0.1, -0.05) is 0 Å². The van der Waals surface area contributed by atoms with Gasteiger partial charge >= 0.3 is 0 Å². The Hall–Kier alpha value is -3.35. The number of hydrogen-bond donors (Lipinski definition) is 1. The van der Waals surface area contributed by atoms with Crippen LogP contribution >= 0.6 is 0 Å². The van der Waals surface area contributed by atoms with Crippen LogP contribution in [0.25, 0.3) is 6.08 Å². The second-order valence-electron chi connectivity index (χ2n) is 4.74. The van der Waals surface area contributed by atoms with Gasteiger partial charge in [-0.3, -0.25) is 14.9 Å². The Kier molecular flexibility index (Phi) is 5.51. The van der Waals surface area contributed by atoms with Gasteiger partial charge in [-0.05, 0) is 35.9 Å². The SMILES string of the molecule is COc1ccc(NC(=O)/C=C/c2ccc([N+](=O)[O-])cc2)cc1OC. The third-order valence-electron chi connectivity index (χ3n) is 3.18. The summed E-state index contributed by atoms with van der Waals surface area (Å²) in [6.07, 6.45) is 2.91. The third kappa shape index (κ3) is 4.33. The van der Waals surface area contributed by atoms with Gasteiger partial charge in [0.05, 0.1) is 19.1 Å². The third-order valence-corrected chi connectivity index (χ3v) is 3.18. The summed E-state index contributed by atoms with van der Waals surface area (Å²) in [5.74, 6) is 0.743. The number of nitro groups is 1. The maximum atomic E-state index is 11.9. The van der Waals surface area contributed by atoms with Crippen molar-refractivity contribution in [2.45, 2.75) is 0 Å². The molecule has 1 N–H and O–H groups in total. The molecule has 2 aromatic carbocycles. The molecule has 7 nitrogen and oxygen atoms in total. The fourth-order valence-corrected chi connectivity index (χ4v) is 1.98. The molecule has 0 unspecified atom stereocenters. The fourth-order valence-electron chi connectivity index (χ4n) is 1.98. The number of benzene rings is 2. The Balaban J connectivity index is 2.03. The van der Waals surface area contributed by atoms with Crippen molar-refractivity contribution >= 4 is 23.4 Å². The van der Waals surface area contributed by atoms with Crippen LogP contribution in [0.1, 0.15) is 5.56 Å². The lowest BCUT2D eigenvalue weighted by atomic mass is 10.2. The van der Waals surface area contributed by atoms with Crippen molar-refractivity contribution in [2.75, 3.05) is 19.5 Å². The van der Waals surface area contributed by atoms with Gasteiger partial charge in [0.15, 0.2) is 11.5 Å². The van der Waals surface area contributed by atoms with Crippen LogP contribution in [0.2, 0.25) is 0 Å². The molecule has 0 aliphatic carbocycles. The molecule has 0 aliphatic rings. The van der Waals surface area contributed by atoms with Gasteiger partial charge in [-0.2, -0.15) is 0 Å². The smallest absolute Gasteiger partial charge is 0.269 e. The summed E-state index contributed by atoms with van der Waals surface area (Å²) in [6.45, 7) is 0. The minimum Gasteiger partial charge on any atom is -0.493 e. The molecular weight excluding hydrogens is 312 g/mol. The summed E-state index contributed by atoms with van der Waals surface area (Å²) in [6, 6.07) is 10.9. The predicted octanol–water partition coefficient (Wildman–Crippen LogP) is 3.26. The van der Waals surface area contributed by atoms with Crippen molar-refractivity contribution in [1.82, 2.24) is 0 Å². The number of non-ortho nitro benzene ring substituents is 1. The largest absolute Gasteiger partial charge is 0.493 e. The van der Waals surface area contributed by atoms with E-state index in [1.807, 2.05) is 0 Å². The monoisotopic (exact) mass is 328 g/mol. The molecule has 2 rings (SSSR count). The Bertz CT molecular complexity index is 769. The van der Waals surface area contributed by atoms with Crippen LogP contribution in [-0.2, 0) is 4.79 Å². The molecule has 0 saturated heterocycles. The number of carbonyl (C=O) groups is 1. The molecule has 0 saturated carbocycles. The predicted molar refractivity (Wildman–Crippen MR) is 90.3 cm³/mol. The van der Waals surface area contributed by atoms with E-state index < -0.39 is 4.92 Å². The Morgan fingerprint density at radius 2 is 1.75 bits per heavy atom. The van der Waals surface area contributed by atoms with Gasteiger partial charge in [0.2, 0.25) is 5.91 Å². The van der Waals surface area contributed by atoms with E-state index in [4.69, 9.17) is 9.47 Å². The molecule has 124 valence electrons. The lowest BCUT2D eigenvalue weighted by Gasteiger charge is -2.09. The lowest BCUT2D eigenvalue weighted by molar-refractivity contribution is -0.384. The van der Waals surface area contributed by atoms with Crippen LogP contribution < -0.4 is 14.8 Å². The van der Waals surface area contributed by atoms with Gasteiger partial charge in [-0.15, -0.1) is 0 Å². The van der Waals surface area contributed by atoms with Crippen molar-refractivity contribution in [3.63, 3.8) is 0 Å². The van der Waals surface area contributed by atoms with Gasteiger partial charge in [0.25, 0.3) is 5.69 Å². The Morgan fingerprint density at radius 1 is 1.08 bits per heavy atom. The van der Waals surface area contributed by atoms with Crippen molar-refractivity contribution < 1.29 is 19.2 Å². The first-order valence-corrected chi connectivity index (χ1v) is 6.99. The molecule has 1 amide bonds. The van der Waals surface area contributed by atoms with Gasteiger partial charge in [0.1, 0.15) is 0 Å². The molecular formula is C17H16N2O5. The van der Waals surface area contributed by atoms with E-state index in [1.165, 1.54) is 32.4 Å². The van der Waals surface area contributed by atoms with Crippen LogP contribution in [0.3, 0.4) is 0 Å². The zero-order valence-corrected chi connectivity index (χ0v) is 13.2. The van der Waals surface area contributed by atoms with Crippen molar-refractivity contribution in [1.29, 1.82) is 0 Å². The number of ether oxygens (including phenoxy) is 2. The molecule has 7 heteroatoms. The van der Waals surface area contributed by atoms with Gasteiger partial charge in [-0.25, -0.2) is 0 Å².